The molecule has 0 bridgehead atoms. The average molecular weight is 432 g/mol. The highest BCUT2D eigenvalue weighted by atomic mass is 79.9. The van der Waals surface area contributed by atoms with Crippen LogP contribution in [0, 0.1) is 0 Å². The Morgan fingerprint density at radius 1 is 1.15 bits per heavy atom. The van der Waals surface area contributed by atoms with Crippen LogP contribution in [0.4, 0.5) is 5.69 Å². The molecule has 4 nitrogen and oxygen atoms in total. The van der Waals surface area contributed by atoms with Crippen molar-refractivity contribution < 1.29 is 9.47 Å². The summed E-state index contributed by atoms with van der Waals surface area (Å²) >= 11 is 3.60. The zero-order chi connectivity index (χ0) is 18.7. The number of hydrogen-bond donors (Lipinski definition) is 1. The van der Waals surface area contributed by atoms with Gasteiger partial charge in [-0.3, -0.25) is 4.48 Å². The van der Waals surface area contributed by atoms with Gasteiger partial charge in [0.1, 0.15) is 11.4 Å². The number of rotatable bonds is 5. The summed E-state index contributed by atoms with van der Waals surface area (Å²) in [7, 11) is 1.72. The first-order chi connectivity index (χ1) is 13.2. The van der Waals surface area contributed by atoms with E-state index in [-0.39, 0.29) is 6.10 Å². The van der Waals surface area contributed by atoms with Crippen LogP contribution in [0.1, 0.15) is 23.7 Å². The molecule has 2 aliphatic rings. The van der Waals surface area contributed by atoms with Crippen molar-refractivity contribution in [3.05, 3.63) is 58.1 Å². The van der Waals surface area contributed by atoms with E-state index in [9.17, 15) is 0 Å². The molecule has 144 valence electrons. The number of ether oxygens (including phenoxy) is 2. The van der Waals surface area contributed by atoms with Crippen LogP contribution in [0.15, 0.2) is 46.9 Å². The normalized spacial score (nSPS) is 21.5. The van der Waals surface area contributed by atoms with E-state index in [1.165, 1.54) is 16.8 Å². The predicted octanol–water partition coefficient (Wildman–Crippen LogP) is 4.07. The quantitative estimate of drug-likeness (QED) is 0.723. The molecule has 5 heteroatoms. The van der Waals surface area contributed by atoms with Crippen LogP contribution < -0.4 is 14.5 Å². The molecule has 1 saturated heterocycles. The molecular weight excluding hydrogens is 404 g/mol. The molecule has 1 atom stereocenters. The molecule has 1 fully saturated rings. The lowest BCUT2D eigenvalue weighted by Crippen LogP contribution is -2.60. The maximum atomic E-state index is 6.19. The lowest BCUT2D eigenvalue weighted by molar-refractivity contribution is 0.0289. The summed E-state index contributed by atoms with van der Waals surface area (Å²) in [4.78, 5) is 0. The van der Waals surface area contributed by atoms with Crippen molar-refractivity contribution in [2.24, 2.45) is 0 Å². The van der Waals surface area contributed by atoms with Gasteiger partial charge in [0.25, 0.3) is 0 Å². The maximum absolute atomic E-state index is 6.19. The number of nitrogens with one attached hydrogen (secondary N) is 1. The summed E-state index contributed by atoms with van der Waals surface area (Å²) in [5.74, 6) is 0.919. The first-order valence-electron chi connectivity index (χ1n) is 9.82. The van der Waals surface area contributed by atoms with Gasteiger partial charge in [0.15, 0.2) is 0 Å². The van der Waals surface area contributed by atoms with Crippen LogP contribution in [-0.2, 0) is 11.2 Å². The van der Waals surface area contributed by atoms with Gasteiger partial charge in [0, 0.05) is 36.1 Å². The Morgan fingerprint density at radius 2 is 1.93 bits per heavy atom. The molecule has 2 aromatic rings. The van der Waals surface area contributed by atoms with Gasteiger partial charge in [0.05, 0.1) is 39.5 Å². The van der Waals surface area contributed by atoms with E-state index in [1.54, 1.807) is 7.11 Å². The Kier molecular flexibility index (Phi) is 5.83. The Labute approximate surface area is 170 Å². The molecule has 0 aliphatic carbocycles. The van der Waals surface area contributed by atoms with Crippen molar-refractivity contribution in [3.63, 3.8) is 0 Å². The fourth-order valence-electron chi connectivity index (χ4n) is 4.44. The van der Waals surface area contributed by atoms with Crippen molar-refractivity contribution in [1.82, 2.24) is 9.80 Å². The van der Waals surface area contributed by atoms with Gasteiger partial charge in [-0.1, -0.05) is 22.0 Å². The minimum atomic E-state index is 0.199. The molecule has 4 rings (SSSR count). The molecule has 1 unspecified atom stereocenters. The Morgan fingerprint density at radius 3 is 2.67 bits per heavy atom. The summed E-state index contributed by atoms with van der Waals surface area (Å²) in [6, 6.07) is 15.3. The van der Waals surface area contributed by atoms with Gasteiger partial charge < -0.3 is 14.8 Å². The standard InChI is InChI=1S/C22H28BrN2O2/c1-26-20-5-3-19(4-6-20)25(13-10-24-11-14-25)12-8-22-21-7-2-18(23)16-17(21)9-15-27-22/h2-7,16,22,24H,8-15H2,1H3/q+1. The van der Waals surface area contributed by atoms with Gasteiger partial charge in [-0.25, -0.2) is 0 Å². The number of nitrogens with zero attached hydrogens (tertiary/aromatic N) is 1. The Hall–Kier alpha value is -1.40. The van der Waals surface area contributed by atoms with Crippen LogP contribution in [-0.4, -0.2) is 46.4 Å². The van der Waals surface area contributed by atoms with Crippen molar-refractivity contribution in [1.29, 1.82) is 0 Å². The Balaban J connectivity index is 1.55. The molecule has 2 aromatic carbocycles. The molecule has 0 radical (unpaired) electrons. The third kappa shape index (κ3) is 4.06. The number of benzene rings is 2. The summed E-state index contributed by atoms with van der Waals surface area (Å²) in [5.41, 5.74) is 4.17. The summed E-state index contributed by atoms with van der Waals surface area (Å²) in [6.07, 6.45) is 2.25. The SMILES string of the molecule is COc1ccc([N+]2(CCC3OCCc4cc(Br)ccc43)CCNCC2)cc1. The minimum Gasteiger partial charge on any atom is -0.497 e. The van der Waals surface area contributed by atoms with Crippen LogP contribution >= 0.6 is 15.9 Å². The van der Waals surface area contributed by atoms with Crippen molar-refractivity contribution in [2.45, 2.75) is 18.9 Å². The first-order valence-corrected chi connectivity index (χ1v) is 10.6. The van der Waals surface area contributed by atoms with Crippen molar-refractivity contribution in [3.8, 4) is 5.75 Å². The lowest BCUT2D eigenvalue weighted by atomic mass is 9.95. The highest BCUT2D eigenvalue weighted by Gasteiger charge is 2.34. The van der Waals surface area contributed by atoms with Crippen molar-refractivity contribution >= 4 is 21.6 Å². The van der Waals surface area contributed by atoms with E-state index in [0.717, 1.165) is 66.9 Å². The predicted molar refractivity (Wildman–Crippen MR) is 113 cm³/mol. The van der Waals surface area contributed by atoms with Crippen LogP contribution in [0.2, 0.25) is 0 Å². The van der Waals surface area contributed by atoms with E-state index in [2.05, 4.69) is 63.7 Å². The molecule has 0 aromatic heterocycles. The fourth-order valence-corrected chi connectivity index (χ4v) is 4.85. The molecule has 27 heavy (non-hydrogen) atoms. The molecule has 0 amide bonds. The van der Waals surface area contributed by atoms with Crippen molar-refractivity contribution in [2.75, 3.05) is 46.4 Å². The van der Waals surface area contributed by atoms with Crippen LogP contribution in [0.5, 0.6) is 5.75 Å². The first kappa shape index (κ1) is 18.9. The Bertz CT molecular complexity index is 772. The van der Waals surface area contributed by atoms with Gasteiger partial charge in [-0.05, 0) is 41.8 Å². The number of methoxy groups -OCH3 is 1. The zero-order valence-corrected chi connectivity index (χ0v) is 17.5. The summed E-state index contributed by atoms with van der Waals surface area (Å²) in [6.45, 7) is 6.26. The molecule has 2 heterocycles. The largest absolute Gasteiger partial charge is 0.497 e. The minimum absolute atomic E-state index is 0.199. The van der Waals surface area contributed by atoms with Crippen LogP contribution in [0.25, 0.3) is 0 Å². The summed E-state index contributed by atoms with van der Waals surface area (Å²) < 4.78 is 13.7. The topological polar surface area (TPSA) is 30.5 Å². The van der Waals surface area contributed by atoms with Gasteiger partial charge in [-0.2, -0.15) is 0 Å². The molecule has 1 N–H and O–H groups in total. The lowest BCUT2D eigenvalue weighted by Gasteiger charge is -2.42. The molecular formula is C22H28BrN2O2+. The third-order valence-corrected chi connectivity index (χ3v) is 6.51. The maximum Gasteiger partial charge on any atom is 0.133 e. The smallest absolute Gasteiger partial charge is 0.133 e. The van der Waals surface area contributed by atoms with E-state index in [4.69, 9.17) is 9.47 Å². The van der Waals surface area contributed by atoms with Gasteiger partial charge in [0.2, 0.25) is 0 Å². The van der Waals surface area contributed by atoms with E-state index < -0.39 is 0 Å². The molecule has 2 aliphatic heterocycles. The fraction of sp³-hybridized carbons (Fsp3) is 0.455. The van der Waals surface area contributed by atoms with Gasteiger partial charge in [-0.15, -0.1) is 0 Å². The number of halogens is 1. The third-order valence-electron chi connectivity index (χ3n) is 6.02. The van der Waals surface area contributed by atoms with Gasteiger partial charge >= 0.3 is 0 Å². The highest BCUT2D eigenvalue weighted by molar-refractivity contribution is 9.10. The molecule has 0 saturated carbocycles. The monoisotopic (exact) mass is 431 g/mol. The summed E-state index contributed by atoms with van der Waals surface area (Å²) in [5, 5.41) is 3.51. The second kappa shape index (κ2) is 8.31. The van der Waals surface area contributed by atoms with Crippen LogP contribution in [0.3, 0.4) is 0 Å². The highest BCUT2D eigenvalue weighted by Crippen LogP contribution is 2.34. The second-order valence-corrected chi connectivity index (χ2v) is 8.42. The number of fused-ring (bicyclic) bond motifs is 1. The second-order valence-electron chi connectivity index (χ2n) is 7.51. The van der Waals surface area contributed by atoms with E-state index in [0.29, 0.717) is 0 Å². The average Bonchev–Trinajstić information content (AvgIpc) is 2.72. The number of hydrogen-bond acceptors (Lipinski definition) is 3. The van der Waals surface area contributed by atoms with E-state index in [1.807, 2.05) is 0 Å². The van der Waals surface area contributed by atoms with E-state index >= 15 is 0 Å². The zero-order valence-electron chi connectivity index (χ0n) is 15.9. The number of quaternary nitrogens is 1. The number of piperazine rings is 1. The molecule has 0 spiro atoms.